The predicted molar refractivity (Wildman–Crippen MR) is 125 cm³/mol. The highest BCUT2D eigenvalue weighted by atomic mass is 16.5. The smallest absolute Gasteiger partial charge is 0.127 e. The number of hydrogen-bond acceptors (Lipinski definition) is 3. The van der Waals surface area contributed by atoms with E-state index in [2.05, 4.69) is 82.3 Å². The van der Waals surface area contributed by atoms with Crippen molar-refractivity contribution in [3.63, 3.8) is 0 Å². The van der Waals surface area contributed by atoms with Gasteiger partial charge in [-0.2, -0.15) is 0 Å². The molecule has 0 fully saturated rings. The highest BCUT2D eigenvalue weighted by Gasteiger charge is 2.23. The van der Waals surface area contributed by atoms with Crippen LogP contribution in [-0.2, 0) is 4.74 Å². The maximum absolute atomic E-state index is 6.57. The van der Waals surface area contributed by atoms with E-state index in [0.29, 0.717) is 6.61 Å². The van der Waals surface area contributed by atoms with Crippen LogP contribution in [0.15, 0.2) is 72.8 Å². The molecule has 0 aliphatic rings. The summed E-state index contributed by atoms with van der Waals surface area (Å²) in [5, 5.41) is 2.27. The molecule has 0 N–H and O–H groups in total. The summed E-state index contributed by atoms with van der Waals surface area (Å²) in [6, 6.07) is 24.9. The lowest BCUT2D eigenvalue weighted by atomic mass is 9.95. The first kappa shape index (κ1) is 20.4. The van der Waals surface area contributed by atoms with Crippen LogP contribution in [-0.4, -0.2) is 23.3 Å². The summed E-state index contributed by atoms with van der Waals surface area (Å²) in [6.45, 7) is 9.03. The highest BCUT2D eigenvalue weighted by Crippen LogP contribution is 2.40. The lowest BCUT2D eigenvalue weighted by molar-refractivity contribution is 0.0234. The minimum absolute atomic E-state index is 0.225. The number of ether oxygens (including phenoxy) is 2. The molecule has 4 rings (SSSR count). The van der Waals surface area contributed by atoms with Crippen molar-refractivity contribution in [1.82, 2.24) is 4.98 Å². The van der Waals surface area contributed by atoms with Crippen molar-refractivity contribution in [3.05, 3.63) is 72.8 Å². The average molecular weight is 400 g/mol. The van der Waals surface area contributed by atoms with Gasteiger partial charge in [0.2, 0.25) is 0 Å². The van der Waals surface area contributed by atoms with Crippen molar-refractivity contribution in [2.24, 2.45) is 0 Å². The summed E-state index contributed by atoms with van der Waals surface area (Å²) < 4.78 is 12.3. The molecule has 1 aromatic heterocycles. The SMILES string of the molecule is CC(C)OCCC(C)(C)Oc1ccccc1-c1c2ccccc2nc2ccccc12. The van der Waals surface area contributed by atoms with Gasteiger partial charge in [0.15, 0.2) is 0 Å². The second-order valence-electron chi connectivity index (χ2n) is 8.55. The summed E-state index contributed by atoms with van der Waals surface area (Å²) in [6.07, 6.45) is 1.04. The van der Waals surface area contributed by atoms with Crippen LogP contribution in [0.2, 0.25) is 0 Å². The molecular formula is C27H29NO2. The molecule has 0 radical (unpaired) electrons. The normalized spacial score (nSPS) is 12.0. The van der Waals surface area contributed by atoms with Crippen molar-refractivity contribution < 1.29 is 9.47 Å². The molecular weight excluding hydrogens is 370 g/mol. The van der Waals surface area contributed by atoms with Crippen LogP contribution in [0.4, 0.5) is 0 Å². The third kappa shape index (κ3) is 4.31. The molecule has 0 aliphatic heterocycles. The van der Waals surface area contributed by atoms with Crippen LogP contribution < -0.4 is 4.74 Å². The first-order valence-electron chi connectivity index (χ1n) is 10.6. The van der Waals surface area contributed by atoms with Gasteiger partial charge in [0, 0.05) is 28.3 Å². The van der Waals surface area contributed by atoms with Gasteiger partial charge < -0.3 is 9.47 Å². The lowest BCUT2D eigenvalue weighted by Gasteiger charge is -2.28. The van der Waals surface area contributed by atoms with E-state index in [1.165, 1.54) is 5.56 Å². The highest BCUT2D eigenvalue weighted by molar-refractivity contribution is 6.10. The minimum Gasteiger partial charge on any atom is -0.487 e. The van der Waals surface area contributed by atoms with Gasteiger partial charge in [-0.3, -0.25) is 0 Å². The second kappa shape index (κ2) is 8.45. The molecule has 0 unspecified atom stereocenters. The maximum Gasteiger partial charge on any atom is 0.127 e. The van der Waals surface area contributed by atoms with Crippen molar-refractivity contribution >= 4 is 21.8 Å². The number of hydrogen-bond donors (Lipinski definition) is 0. The molecule has 30 heavy (non-hydrogen) atoms. The van der Waals surface area contributed by atoms with Crippen LogP contribution in [0.5, 0.6) is 5.75 Å². The van der Waals surface area contributed by atoms with Crippen molar-refractivity contribution in [2.45, 2.75) is 45.8 Å². The molecule has 0 amide bonds. The third-order valence-corrected chi connectivity index (χ3v) is 5.29. The number of benzene rings is 3. The zero-order valence-electron chi connectivity index (χ0n) is 18.2. The molecule has 0 bridgehead atoms. The van der Waals surface area contributed by atoms with Gasteiger partial charge in [-0.15, -0.1) is 0 Å². The zero-order chi connectivity index (χ0) is 21.1. The number of nitrogens with zero attached hydrogens (tertiary/aromatic N) is 1. The summed E-state index contributed by atoms with van der Waals surface area (Å²) >= 11 is 0. The molecule has 0 aliphatic carbocycles. The van der Waals surface area contributed by atoms with Crippen LogP contribution in [0.25, 0.3) is 32.9 Å². The van der Waals surface area contributed by atoms with E-state index in [4.69, 9.17) is 14.5 Å². The largest absolute Gasteiger partial charge is 0.487 e. The number of para-hydroxylation sites is 3. The fourth-order valence-corrected chi connectivity index (χ4v) is 3.78. The number of pyridine rings is 1. The maximum atomic E-state index is 6.57. The Kier molecular flexibility index (Phi) is 5.74. The Morgan fingerprint density at radius 3 is 2.00 bits per heavy atom. The van der Waals surface area contributed by atoms with E-state index in [-0.39, 0.29) is 11.7 Å². The van der Waals surface area contributed by atoms with Crippen molar-refractivity contribution in [1.29, 1.82) is 0 Å². The van der Waals surface area contributed by atoms with Crippen molar-refractivity contribution in [2.75, 3.05) is 6.61 Å². The monoisotopic (exact) mass is 399 g/mol. The Hall–Kier alpha value is -2.91. The molecule has 3 aromatic carbocycles. The zero-order valence-corrected chi connectivity index (χ0v) is 18.2. The topological polar surface area (TPSA) is 31.4 Å². The summed E-state index contributed by atoms with van der Waals surface area (Å²) in [7, 11) is 0. The predicted octanol–water partition coefficient (Wildman–Crippen LogP) is 7.03. The molecule has 1 heterocycles. The molecule has 0 spiro atoms. The number of fused-ring (bicyclic) bond motifs is 2. The molecule has 0 saturated carbocycles. The first-order valence-corrected chi connectivity index (χ1v) is 10.6. The van der Waals surface area contributed by atoms with Crippen LogP contribution >= 0.6 is 0 Å². The summed E-state index contributed by atoms with van der Waals surface area (Å²) in [5.74, 6) is 0.883. The second-order valence-corrected chi connectivity index (χ2v) is 8.55. The first-order chi connectivity index (χ1) is 14.4. The minimum atomic E-state index is -0.344. The van der Waals surface area contributed by atoms with Crippen LogP contribution in [0.3, 0.4) is 0 Å². The van der Waals surface area contributed by atoms with Gasteiger partial charge in [0.25, 0.3) is 0 Å². The molecule has 3 heteroatoms. The van der Waals surface area contributed by atoms with Crippen molar-refractivity contribution in [3.8, 4) is 16.9 Å². The number of rotatable bonds is 7. The van der Waals surface area contributed by atoms with Gasteiger partial charge in [-0.1, -0.05) is 54.6 Å². The van der Waals surface area contributed by atoms with E-state index in [1.807, 2.05) is 18.2 Å². The molecule has 4 aromatic rings. The van der Waals surface area contributed by atoms with Crippen LogP contribution in [0, 0.1) is 0 Å². The summed E-state index contributed by atoms with van der Waals surface area (Å²) in [4.78, 5) is 4.87. The average Bonchev–Trinajstić information content (AvgIpc) is 2.72. The Balaban J connectivity index is 1.81. The van der Waals surface area contributed by atoms with E-state index in [9.17, 15) is 0 Å². The Morgan fingerprint density at radius 1 is 0.800 bits per heavy atom. The molecule has 154 valence electrons. The Bertz CT molecular complexity index is 1110. The Labute approximate surface area is 178 Å². The molecule has 0 atom stereocenters. The standard InChI is InChI=1S/C27H29NO2/c1-19(2)29-18-17-27(3,4)30-25-16-10-7-13-22(25)26-20-11-5-8-14-23(20)28-24-15-9-6-12-21(24)26/h5-16,19H,17-18H2,1-4H3. The fraction of sp³-hybridized carbons (Fsp3) is 0.296. The quantitative estimate of drug-likeness (QED) is 0.313. The van der Waals surface area contributed by atoms with Gasteiger partial charge in [0.1, 0.15) is 11.4 Å². The van der Waals surface area contributed by atoms with E-state index >= 15 is 0 Å². The van der Waals surface area contributed by atoms with Gasteiger partial charge in [0.05, 0.1) is 23.7 Å². The van der Waals surface area contributed by atoms with Gasteiger partial charge in [-0.25, -0.2) is 4.98 Å². The van der Waals surface area contributed by atoms with Gasteiger partial charge in [-0.05, 0) is 45.9 Å². The molecule has 3 nitrogen and oxygen atoms in total. The van der Waals surface area contributed by atoms with E-state index < -0.39 is 0 Å². The van der Waals surface area contributed by atoms with E-state index in [0.717, 1.165) is 39.5 Å². The van der Waals surface area contributed by atoms with Crippen LogP contribution in [0.1, 0.15) is 34.1 Å². The lowest BCUT2D eigenvalue weighted by Crippen LogP contribution is -2.30. The van der Waals surface area contributed by atoms with Gasteiger partial charge >= 0.3 is 0 Å². The summed E-state index contributed by atoms with van der Waals surface area (Å²) in [5.41, 5.74) is 3.89. The number of aromatic nitrogens is 1. The molecule has 0 saturated heterocycles. The third-order valence-electron chi connectivity index (χ3n) is 5.29. The Morgan fingerprint density at radius 2 is 1.37 bits per heavy atom. The fourth-order valence-electron chi connectivity index (χ4n) is 3.78. The van der Waals surface area contributed by atoms with E-state index in [1.54, 1.807) is 0 Å².